The maximum absolute atomic E-state index is 11.8. The lowest BCUT2D eigenvalue weighted by molar-refractivity contribution is -0.488. The molecule has 1 aromatic heterocycles. The van der Waals surface area contributed by atoms with Gasteiger partial charge in [-0.25, -0.2) is 0 Å². The topological polar surface area (TPSA) is 152 Å². The van der Waals surface area contributed by atoms with Gasteiger partial charge in [-0.1, -0.05) is 6.07 Å². The summed E-state index contributed by atoms with van der Waals surface area (Å²) in [6.45, 7) is 3.32. The molecule has 146 valence electrons. The first-order valence-corrected chi connectivity index (χ1v) is 8.05. The first kappa shape index (κ1) is 20.6. The number of hydrogen-bond acceptors (Lipinski definition) is 8. The molecule has 11 heteroatoms. The number of non-ortho nitro benzene ring substituents is 1. The van der Waals surface area contributed by atoms with E-state index in [9.17, 15) is 25.0 Å². The van der Waals surface area contributed by atoms with Gasteiger partial charge >= 0.3 is 11.9 Å². The zero-order valence-electron chi connectivity index (χ0n) is 15.1. The molecule has 1 amide bonds. The Hall–Kier alpha value is -3.73. The zero-order valence-corrected chi connectivity index (χ0v) is 15.1. The van der Waals surface area contributed by atoms with Crippen LogP contribution in [0.5, 0.6) is 0 Å². The average Bonchev–Trinajstić information content (AvgIpc) is 2.96. The van der Waals surface area contributed by atoms with Gasteiger partial charge in [-0.15, -0.1) is 0 Å². The second-order valence-electron chi connectivity index (χ2n) is 5.78. The Bertz CT molecular complexity index is 928. The molecule has 1 aliphatic heterocycles. The summed E-state index contributed by atoms with van der Waals surface area (Å²) in [6, 6.07) is 9.12. The molecule has 3 rings (SSSR count). The predicted octanol–water partition coefficient (Wildman–Crippen LogP) is 1.84. The minimum Gasteiger partial charge on any atom is -0.390 e. The van der Waals surface area contributed by atoms with Crippen molar-refractivity contribution >= 4 is 23.0 Å². The number of nitrogens with zero attached hydrogens (tertiary/aromatic N) is 5. The van der Waals surface area contributed by atoms with Gasteiger partial charge in [0.1, 0.15) is 5.71 Å². The minimum atomic E-state index is -1.49. The van der Waals surface area contributed by atoms with Crippen molar-refractivity contribution in [2.45, 2.75) is 26.5 Å². The number of hydrazone groups is 1. The fourth-order valence-corrected chi connectivity index (χ4v) is 2.39. The van der Waals surface area contributed by atoms with Gasteiger partial charge in [0.05, 0.1) is 22.9 Å². The molecule has 0 saturated carbocycles. The highest BCUT2D eigenvalue weighted by Crippen LogP contribution is 2.24. The smallest absolute Gasteiger partial charge is 0.331 e. The molecule has 1 atom stereocenters. The fourth-order valence-electron chi connectivity index (χ4n) is 2.39. The molecule has 0 aliphatic carbocycles. The Morgan fingerprint density at radius 3 is 2.18 bits per heavy atom. The number of aromatic nitrogens is 1. The van der Waals surface area contributed by atoms with E-state index in [-0.39, 0.29) is 23.7 Å². The Morgan fingerprint density at radius 1 is 1.11 bits per heavy atom. The van der Waals surface area contributed by atoms with Crippen LogP contribution in [0.2, 0.25) is 0 Å². The van der Waals surface area contributed by atoms with Gasteiger partial charge in [0.2, 0.25) is 0 Å². The van der Waals surface area contributed by atoms with Crippen LogP contribution in [-0.2, 0) is 11.4 Å². The minimum absolute atomic E-state index is 0.0294. The number of anilines is 1. The van der Waals surface area contributed by atoms with Crippen molar-refractivity contribution in [2.24, 2.45) is 5.10 Å². The normalized spacial score (nSPS) is 15.5. The highest BCUT2D eigenvalue weighted by molar-refractivity contribution is 6.16. The number of hydrogen-bond donors (Lipinski definition) is 1. The number of nitro benzene ring substituents is 1. The first-order chi connectivity index (χ1) is 13.2. The summed E-state index contributed by atoms with van der Waals surface area (Å²) in [4.78, 5) is 35.8. The number of aliphatic hydroxyl groups excluding tert-OH is 1. The van der Waals surface area contributed by atoms with Gasteiger partial charge < -0.3 is 5.11 Å². The fraction of sp³-hybridized carbons (Fsp3) is 0.235. The lowest BCUT2D eigenvalue weighted by atomic mass is 10.2. The number of benzene rings is 1. The third-order valence-corrected chi connectivity index (χ3v) is 3.72. The van der Waals surface area contributed by atoms with E-state index in [0.29, 0.717) is 0 Å². The van der Waals surface area contributed by atoms with Crippen molar-refractivity contribution in [1.29, 1.82) is 0 Å². The van der Waals surface area contributed by atoms with Crippen molar-refractivity contribution in [3.8, 4) is 0 Å². The molecule has 0 bridgehead atoms. The molecule has 1 N–H and O–H groups in total. The SMILES string of the molecule is CC1=NN(c2ccc([N+](=O)[O-])cc2)C(=O)C1[N+](=O)[O-].Cc1cccc(CO)n1. The van der Waals surface area contributed by atoms with Crippen molar-refractivity contribution in [2.75, 3.05) is 5.01 Å². The first-order valence-electron chi connectivity index (χ1n) is 8.05. The van der Waals surface area contributed by atoms with E-state index in [0.717, 1.165) is 16.4 Å². The Labute approximate surface area is 159 Å². The maximum atomic E-state index is 11.8. The second-order valence-corrected chi connectivity index (χ2v) is 5.78. The van der Waals surface area contributed by atoms with E-state index in [2.05, 4.69) is 10.1 Å². The third kappa shape index (κ3) is 4.71. The number of pyridine rings is 1. The molecular weight excluding hydrogens is 370 g/mol. The third-order valence-electron chi connectivity index (χ3n) is 3.72. The van der Waals surface area contributed by atoms with Crippen LogP contribution in [0, 0.1) is 27.2 Å². The van der Waals surface area contributed by atoms with Gasteiger partial charge in [0, 0.05) is 22.7 Å². The van der Waals surface area contributed by atoms with Crippen LogP contribution in [-0.4, -0.2) is 37.6 Å². The van der Waals surface area contributed by atoms with Gasteiger partial charge in [-0.3, -0.25) is 30.0 Å². The quantitative estimate of drug-likeness (QED) is 0.620. The van der Waals surface area contributed by atoms with Crippen LogP contribution in [0.4, 0.5) is 11.4 Å². The summed E-state index contributed by atoms with van der Waals surface area (Å²) < 4.78 is 0. The summed E-state index contributed by atoms with van der Waals surface area (Å²) in [5, 5.41) is 34.5. The molecule has 1 aromatic carbocycles. The summed E-state index contributed by atoms with van der Waals surface area (Å²) in [6.07, 6.45) is 0. The lowest BCUT2D eigenvalue weighted by Gasteiger charge is -2.10. The van der Waals surface area contributed by atoms with Crippen LogP contribution < -0.4 is 5.01 Å². The van der Waals surface area contributed by atoms with Crippen LogP contribution >= 0.6 is 0 Å². The molecule has 2 heterocycles. The molecule has 1 unspecified atom stereocenters. The van der Waals surface area contributed by atoms with Crippen LogP contribution in [0.1, 0.15) is 18.3 Å². The lowest BCUT2D eigenvalue weighted by Crippen LogP contribution is -2.37. The molecule has 1 aliphatic rings. The number of aliphatic hydroxyl groups is 1. The number of rotatable bonds is 4. The maximum Gasteiger partial charge on any atom is 0.331 e. The Morgan fingerprint density at radius 2 is 1.75 bits per heavy atom. The van der Waals surface area contributed by atoms with E-state index >= 15 is 0 Å². The summed E-state index contributed by atoms with van der Waals surface area (Å²) in [5.74, 6) is -0.781. The second kappa shape index (κ2) is 8.77. The number of aryl methyl sites for hydroxylation is 1. The molecular formula is C17H17N5O6. The predicted molar refractivity (Wildman–Crippen MR) is 99.4 cm³/mol. The van der Waals surface area contributed by atoms with Crippen LogP contribution in [0.15, 0.2) is 47.6 Å². The largest absolute Gasteiger partial charge is 0.390 e. The van der Waals surface area contributed by atoms with Crippen LogP contribution in [0.25, 0.3) is 0 Å². The van der Waals surface area contributed by atoms with E-state index in [1.54, 1.807) is 6.07 Å². The van der Waals surface area contributed by atoms with Crippen molar-refractivity contribution < 1.29 is 19.7 Å². The number of carbonyl (C=O) groups excluding carboxylic acids is 1. The monoisotopic (exact) mass is 387 g/mol. The van der Waals surface area contributed by atoms with Crippen molar-refractivity contribution in [1.82, 2.24) is 4.98 Å². The highest BCUT2D eigenvalue weighted by Gasteiger charge is 2.43. The molecule has 2 aromatic rings. The molecule has 0 radical (unpaired) electrons. The zero-order chi connectivity index (χ0) is 20.8. The molecule has 28 heavy (non-hydrogen) atoms. The average molecular weight is 387 g/mol. The molecule has 0 saturated heterocycles. The number of amides is 1. The van der Waals surface area contributed by atoms with E-state index in [1.807, 2.05) is 19.1 Å². The van der Waals surface area contributed by atoms with E-state index < -0.39 is 21.8 Å². The van der Waals surface area contributed by atoms with Crippen molar-refractivity contribution in [3.63, 3.8) is 0 Å². The van der Waals surface area contributed by atoms with Gasteiger partial charge in [-0.05, 0) is 38.1 Å². The Balaban J connectivity index is 0.000000261. The molecule has 0 spiro atoms. The number of carbonyl (C=O) groups is 1. The molecule has 11 nitrogen and oxygen atoms in total. The van der Waals surface area contributed by atoms with E-state index in [1.165, 1.54) is 31.2 Å². The van der Waals surface area contributed by atoms with Crippen LogP contribution in [0.3, 0.4) is 0 Å². The number of nitro groups is 2. The standard InChI is InChI=1S/C10H8N4O5.C7H9NO/c1-6-9(14(18)19)10(15)12(11-6)7-2-4-8(5-3-7)13(16)17;1-6-3-2-4-7(5-9)8-6/h2-5,9H,1H3;2-4,9H,5H2,1H3. The van der Waals surface area contributed by atoms with E-state index in [4.69, 9.17) is 5.11 Å². The summed E-state index contributed by atoms with van der Waals surface area (Å²) in [7, 11) is 0. The highest BCUT2D eigenvalue weighted by atomic mass is 16.6. The Kier molecular flexibility index (Phi) is 6.45. The summed E-state index contributed by atoms with van der Waals surface area (Å²) in [5.41, 5.74) is 1.87. The van der Waals surface area contributed by atoms with Gasteiger partial charge in [0.15, 0.2) is 0 Å². The van der Waals surface area contributed by atoms with Gasteiger partial charge in [0.25, 0.3) is 5.69 Å². The van der Waals surface area contributed by atoms with Crippen molar-refractivity contribution in [3.05, 3.63) is 74.1 Å². The van der Waals surface area contributed by atoms with Gasteiger partial charge in [-0.2, -0.15) is 10.1 Å². The summed E-state index contributed by atoms with van der Waals surface area (Å²) >= 11 is 0. The molecule has 0 fully saturated rings.